The fraction of sp³-hybridized carbons (Fsp3) is 0.769. The highest BCUT2D eigenvalue weighted by atomic mass is 16.2. The molecule has 114 valence electrons. The lowest BCUT2D eigenvalue weighted by Gasteiger charge is -2.32. The second-order valence-corrected chi connectivity index (χ2v) is 5.88. The van der Waals surface area contributed by atoms with E-state index in [1.54, 1.807) is 11.0 Å². The first-order valence-corrected chi connectivity index (χ1v) is 7.46. The fourth-order valence-corrected chi connectivity index (χ4v) is 3.24. The van der Waals surface area contributed by atoms with Crippen molar-refractivity contribution in [3.63, 3.8) is 0 Å². The Kier molecular flexibility index (Phi) is 3.85. The molecule has 2 fully saturated rings. The molecule has 1 aromatic heterocycles. The standard InChI is InChI=1S/C13H20N6O2/c20-11(3-1-7-19-10-15-16-17-19)18-8-5-13(9-18)4-2-6-14-12(13)21/h10H,1-9H2,(H,14,21). The minimum Gasteiger partial charge on any atom is -0.356 e. The van der Waals surface area contributed by atoms with E-state index in [1.165, 1.54) is 0 Å². The lowest BCUT2D eigenvalue weighted by molar-refractivity contribution is -0.134. The highest BCUT2D eigenvalue weighted by Crippen LogP contribution is 2.37. The third-order valence-corrected chi connectivity index (χ3v) is 4.48. The van der Waals surface area contributed by atoms with Crippen LogP contribution in [-0.4, -0.2) is 56.6 Å². The van der Waals surface area contributed by atoms with Gasteiger partial charge in [-0.3, -0.25) is 9.59 Å². The van der Waals surface area contributed by atoms with Crippen LogP contribution in [0.2, 0.25) is 0 Å². The van der Waals surface area contributed by atoms with Crippen LogP contribution < -0.4 is 5.32 Å². The van der Waals surface area contributed by atoms with Gasteiger partial charge in [-0.1, -0.05) is 0 Å². The van der Waals surface area contributed by atoms with Crippen LogP contribution in [0.4, 0.5) is 0 Å². The summed E-state index contributed by atoms with van der Waals surface area (Å²) in [6, 6.07) is 0. The van der Waals surface area contributed by atoms with Gasteiger partial charge in [-0.2, -0.15) is 0 Å². The smallest absolute Gasteiger partial charge is 0.228 e. The first kappa shape index (κ1) is 14.0. The first-order valence-electron chi connectivity index (χ1n) is 7.46. The Morgan fingerprint density at radius 2 is 2.33 bits per heavy atom. The molecular weight excluding hydrogens is 272 g/mol. The maximum atomic E-state index is 12.2. The van der Waals surface area contributed by atoms with E-state index in [0.29, 0.717) is 32.5 Å². The van der Waals surface area contributed by atoms with E-state index in [4.69, 9.17) is 0 Å². The van der Waals surface area contributed by atoms with E-state index in [2.05, 4.69) is 20.8 Å². The predicted octanol–water partition coefficient (Wildman–Crippen LogP) is -0.418. The summed E-state index contributed by atoms with van der Waals surface area (Å²) in [5.74, 6) is 0.246. The molecule has 0 radical (unpaired) electrons. The summed E-state index contributed by atoms with van der Waals surface area (Å²) >= 11 is 0. The molecule has 3 rings (SSSR count). The molecule has 2 saturated heterocycles. The number of carbonyl (C=O) groups excluding carboxylic acids is 2. The topological polar surface area (TPSA) is 93.0 Å². The highest BCUT2D eigenvalue weighted by molar-refractivity contribution is 5.85. The molecule has 1 atom stereocenters. The van der Waals surface area contributed by atoms with Gasteiger partial charge in [0.1, 0.15) is 6.33 Å². The Morgan fingerprint density at radius 1 is 1.43 bits per heavy atom. The summed E-state index contributed by atoms with van der Waals surface area (Å²) < 4.78 is 1.62. The van der Waals surface area contributed by atoms with E-state index in [0.717, 1.165) is 25.8 Å². The summed E-state index contributed by atoms with van der Waals surface area (Å²) in [6.45, 7) is 2.67. The Hall–Kier alpha value is -1.99. The van der Waals surface area contributed by atoms with E-state index in [-0.39, 0.29) is 17.2 Å². The zero-order valence-electron chi connectivity index (χ0n) is 12.0. The summed E-state index contributed by atoms with van der Waals surface area (Å²) in [4.78, 5) is 26.2. The second kappa shape index (κ2) is 5.79. The number of piperidine rings is 1. The van der Waals surface area contributed by atoms with Crippen molar-refractivity contribution in [1.82, 2.24) is 30.4 Å². The van der Waals surface area contributed by atoms with Crippen molar-refractivity contribution in [3.05, 3.63) is 6.33 Å². The molecular formula is C13H20N6O2. The molecule has 1 spiro atoms. The number of aryl methyl sites for hydroxylation is 1. The van der Waals surface area contributed by atoms with E-state index < -0.39 is 0 Å². The van der Waals surface area contributed by atoms with E-state index >= 15 is 0 Å². The molecule has 2 aliphatic heterocycles. The predicted molar refractivity (Wildman–Crippen MR) is 72.9 cm³/mol. The van der Waals surface area contributed by atoms with Gasteiger partial charge in [-0.25, -0.2) is 4.68 Å². The Bertz CT molecular complexity index is 517. The van der Waals surface area contributed by atoms with Gasteiger partial charge in [0, 0.05) is 32.6 Å². The fourth-order valence-electron chi connectivity index (χ4n) is 3.24. The maximum absolute atomic E-state index is 12.2. The maximum Gasteiger partial charge on any atom is 0.228 e. The van der Waals surface area contributed by atoms with Gasteiger partial charge in [0.15, 0.2) is 0 Å². The Labute approximate surface area is 122 Å². The van der Waals surface area contributed by atoms with Crippen LogP contribution in [0, 0.1) is 5.41 Å². The number of nitrogens with zero attached hydrogens (tertiary/aromatic N) is 5. The first-order chi connectivity index (χ1) is 10.2. The second-order valence-electron chi connectivity index (χ2n) is 5.88. The summed E-state index contributed by atoms with van der Waals surface area (Å²) in [6.07, 6.45) is 5.41. The van der Waals surface area contributed by atoms with Crippen molar-refractivity contribution in [2.45, 2.75) is 38.6 Å². The third kappa shape index (κ3) is 2.88. The molecule has 8 nitrogen and oxygen atoms in total. The number of rotatable bonds is 4. The molecule has 0 aliphatic carbocycles. The van der Waals surface area contributed by atoms with Gasteiger partial charge in [0.2, 0.25) is 11.8 Å². The number of hydrogen-bond acceptors (Lipinski definition) is 5. The van der Waals surface area contributed by atoms with Crippen molar-refractivity contribution in [3.8, 4) is 0 Å². The number of tetrazole rings is 1. The van der Waals surface area contributed by atoms with Gasteiger partial charge in [0.25, 0.3) is 0 Å². The molecule has 2 aliphatic rings. The van der Waals surface area contributed by atoms with Crippen molar-refractivity contribution in [2.24, 2.45) is 5.41 Å². The summed E-state index contributed by atoms with van der Waals surface area (Å²) in [5, 5.41) is 13.8. The average Bonchev–Trinajstić information content (AvgIpc) is 3.13. The molecule has 0 saturated carbocycles. The van der Waals surface area contributed by atoms with Crippen LogP contribution in [-0.2, 0) is 16.1 Å². The Balaban J connectivity index is 1.49. The molecule has 0 aromatic carbocycles. The number of amides is 2. The van der Waals surface area contributed by atoms with Crippen molar-refractivity contribution in [2.75, 3.05) is 19.6 Å². The monoisotopic (exact) mass is 292 g/mol. The van der Waals surface area contributed by atoms with Crippen LogP contribution in [0.25, 0.3) is 0 Å². The number of likely N-dealkylation sites (tertiary alicyclic amines) is 1. The van der Waals surface area contributed by atoms with Crippen LogP contribution in [0.3, 0.4) is 0 Å². The zero-order chi connectivity index (χ0) is 14.7. The molecule has 1 aromatic rings. The zero-order valence-corrected chi connectivity index (χ0v) is 12.0. The van der Waals surface area contributed by atoms with Crippen molar-refractivity contribution in [1.29, 1.82) is 0 Å². The SMILES string of the molecule is O=C(CCCn1cnnn1)N1CCC2(CCCNC2=O)C1. The lowest BCUT2D eigenvalue weighted by atomic mass is 9.79. The minimum absolute atomic E-state index is 0.123. The van der Waals surface area contributed by atoms with Crippen LogP contribution in [0.1, 0.15) is 32.1 Å². The van der Waals surface area contributed by atoms with Crippen LogP contribution in [0.5, 0.6) is 0 Å². The minimum atomic E-state index is -0.330. The van der Waals surface area contributed by atoms with Gasteiger partial charge in [-0.15, -0.1) is 5.10 Å². The van der Waals surface area contributed by atoms with E-state index in [1.807, 2.05) is 4.90 Å². The highest BCUT2D eigenvalue weighted by Gasteiger charge is 2.46. The molecule has 1 unspecified atom stereocenters. The molecule has 8 heteroatoms. The number of aromatic nitrogens is 4. The van der Waals surface area contributed by atoms with Crippen molar-refractivity contribution >= 4 is 11.8 Å². The van der Waals surface area contributed by atoms with Gasteiger partial charge < -0.3 is 10.2 Å². The number of carbonyl (C=O) groups is 2. The number of nitrogens with one attached hydrogen (secondary N) is 1. The quantitative estimate of drug-likeness (QED) is 0.813. The van der Waals surface area contributed by atoms with E-state index in [9.17, 15) is 9.59 Å². The summed E-state index contributed by atoms with van der Waals surface area (Å²) in [7, 11) is 0. The lowest BCUT2D eigenvalue weighted by Crippen LogP contribution is -2.47. The number of hydrogen-bond donors (Lipinski definition) is 1. The van der Waals surface area contributed by atoms with Crippen LogP contribution >= 0.6 is 0 Å². The van der Waals surface area contributed by atoms with Gasteiger partial charge in [0.05, 0.1) is 5.41 Å². The average molecular weight is 292 g/mol. The summed E-state index contributed by atoms with van der Waals surface area (Å²) in [5.41, 5.74) is -0.330. The van der Waals surface area contributed by atoms with Gasteiger partial charge >= 0.3 is 0 Å². The molecule has 1 N–H and O–H groups in total. The Morgan fingerprint density at radius 3 is 3.10 bits per heavy atom. The van der Waals surface area contributed by atoms with Gasteiger partial charge in [-0.05, 0) is 36.1 Å². The molecule has 21 heavy (non-hydrogen) atoms. The third-order valence-electron chi connectivity index (χ3n) is 4.48. The van der Waals surface area contributed by atoms with Crippen molar-refractivity contribution < 1.29 is 9.59 Å². The largest absolute Gasteiger partial charge is 0.356 e. The molecule has 0 bridgehead atoms. The molecule has 3 heterocycles. The normalized spacial score (nSPS) is 25.3. The van der Waals surface area contributed by atoms with Crippen LogP contribution in [0.15, 0.2) is 6.33 Å². The molecule has 2 amide bonds.